The maximum atomic E-state index is 5.89. The van der Waals surface area contributed by atoms with E-state index in [2.05, 4.69) is 69.0 Å². The Morgan fingerprint density at radius 2 is 1.63 bits per heavy atom. The van der Waals surface area contributed by atoms with Gasteiger partial charge in [0.25, 0.3) is 0 Å². The summed E-state index contributed by atoms with van der Waals surface area (Å²) in [5, 5.41) is 7.01. The van der Waals surface area contributed by atoms with Crippen molar-refractivity contribution in [2.75, 3.05) is 5.01 Å². The van der Waals surface area contributed by atoms with E-state index in [4.69, 9.17) is 9.84 Å². The van der Waals surface area contributed by atoms with Gasteiger partial charge in [0.05, 0.1) is 21.5 Å². The lowest BCUT2D eigenvalue weighted by Crippen LogP contribution is -2.26. The number of rotatable bonds is 4. The van der Waals surface area contributed by atoms with Crippen molar-refractivity contribution in [1.82, 2.24) is 9.97 Å². The van der Waals surface area contributed by atoms with E-state index in [1.54, 1.807) is 6.20 Å². The lowest BCUT2D eigenvalue weighted by Gasteiger charge is -2.27. The Bertz CT molecular complexity index is 1210. The van der Waals surface area contributed by atoms with Crippen molar-refractivity contribution in [2.45, 2.75) is 6.54 Å². The van der Waals surface area contributed by atoms with Gasteiger partial charge >= 0.3 is 0 Å². The molecule has 6 heteroatoms. The molecule has 2 heterocycles. The lowest BCUT2D eigenvalue weighted by molar-refractivity contribution is 0.457. The third kappa shape index (κ3) is 3.78. The minimum Gasteiger partial charge on any atom is -0.438 e. The standard InChI is InChI=1S/C24H17IN4O/c25-22-14-26-16-27-24(22)30-20-12-10-19(11-13-20)29-15-18-8-4-5-9-21(18)23(28-29)17-6-2-1-3-7-17/h1-14,16H,15H2. The van der Waals surface area contributed by atoms with Crippen LogP contribution in [0.25, 0.3) is 0 Å². The molecule has 1 aromatic heterocycles. The molecule has 0 spiro atoms. The average Bonchev–Trinajstić information content (AvgIpc) is 2.81. The second-order valence-electron chi connectivity index (χ2n) is 6.80. The number of fused-ring (bicyclic) bond motifs is 1. The van der Waals surface area contributed by atoms with Crippen LogP contribution in [0.15, 0.2) is 96.5 Å². The van der Waals surface area contributed by atoms with Gasteiger partial charge in [-0.3, -0.25) is 5.01 Å². The molecule has 30 heavy (non-hydrogen) atoms. The fourth-order valence-electron chi connectivity index (χ4n) is 3.39. The normalized spacial score (nSPS) is 12.8. The Labute approximate surface area is 188 Å². The molecule has 3 aromatic carbocycles. The first-order chi connectivity index (χ1) is 14.8. The van der Waals surface area contributed by atoms with Crippen molar-refractivity contribution in [3.8, 4) is 11.6 Å². The summed E-state index contributed by atoms with van der Waals surface area (Å²) in [5.74, 6) is 1.27. The quantitative estimate of drug-likeness (QED) is 0.338. The Kier molecular flexibility index (Phi) is 5.15. The molecule has 0 atom stereocenters. The largest absolute Gasteiger partial charge is 0.438 e. The Morgan fingerprint density at radius 1 is 0.867 bits per heavy atom. The Balaban J connectivity index is 1.46. The Morgan fingerprint density at radius 3 is 2.43 bits per heavy atom. The van der Waals surface area contributed by atoms with E-state index < -0.39 is 0 Å². The number of benzene rings is 3. The van der Waals surface area contributed by atoms with Crippen molar-refractivity contribution >= 4 is 34.0 Å². The fourth-order valence-corrected chi connectivity index (χ4v) is 3.80. The van der Waals surface area contributed by atoms with Gasteiger partial charge in [-0.2, -0.15) is 5.10 Å². The van der Waals surface area contributed by atoms with Gasteiger partial charge < -0.3 is 4.74 Å². The molecular weight excluding hydrogens is 487 g/mol. The number of nitrogens with zero attached hydrogens (tertiary/aromatic N) is 4. The second-order valence-corrected chi connectivity index (χ2v) is 7.96. The van der Waals surface area contributed by atoms with Gasteiger partial charge in [-0.1, -0.05) is 54.6 Å². The minimum absolute atomic E-state index is 0.551. The molecule has 5 rings (SSSR count). The van der Waals surface area contributed by atoms with Gasteiger partial charge in [-0.05, 0) is 52.4 Å². The zero-order valence-electron chi connectivity index (χ0n) is 15.9. The predicted octanol–water partition coefficient (Wildman–Crippen LogP) is 5.65. The van der Waals surface area contributed by atoms with Crippen LogP contribution in [0, 0.1) is 3.57 Å². The van der Waals surface area contributed by atoms with Gasteiger partial charge in [0, 0.05) is 17.3 Å². The molecule has 1 aliphatic heterocycles. The van der Waals surface area contributed by atoms with Crippen LogP contribution in [0.2, 0.25) is 0 Å². The molecular formula is C24H17IN4O. The van der Waals surface area contributed by atoms with E-state index in [0.29, 0.717) is 5.88 Å². The smallest absolute Gasteiger partial charge is 0.235 e. The van der Waals surface area contributed by atoms with Gasteiger partial charge in [-0.15, -0.1) is 0 Å². The molecule has 0 radical (unpaired) electrons. The van der Waals surface area contributed by atoms with Crippen LogP contribution in [0.5, 0.6) is 11.6 Å². The number of hydrazone groups is 1. The molecule has 0 saturated heterocycles. The molecule has 4 aromatic rings. The van der Waals surface area contributed by atoms with E-state index in [0.717, 1.165) is 32.8 Å². The molecule has 146 valence electrons. The van der Waals surface area contributed by atoms with Gasteiger partial charge in [0.2, 0.25) is 5.88 Å². The van der Waals surface area contributed by atoms with Crippen LogP contribution in [0.1, 0.15) is 16.7 Å². The fraction of sp³-hybridized carbons (Fsp3) is 0.0417. The number of halogens is 1. The lowest BCUT2D eigenvalue weighted by atomic mass is 9.96. The number of aromatic nitrogens is 2. The van der Waals surface area contributed by atoms with Crippen molar-refractivity contribution in [1.29, 1.82) is 0 Å². The molecule has 5 nitrogen and oxygen atoms in total. The van der Waals surface area contributed by atoms with Gasteiger partial charge in [0.15, 0.2) is 0 Å². The first-order valence-corrected chi connectivity index (χ1v) is 10.6. The van der Waals surface area contributed by atoms with Crippen LogP contribution >= 0.6 is 22.6 Å². The first-order valence-electron chi connectivity index (χ1n) is 9.51. The predicted molar refractivity (Wildman–Crippen MR) is 126 cm³/mol. The maximum absolute atomic E-state index is 5.89. The third-order valence-electron chi connectivity index (χ3n) is 4.84. The molecule has 0 amide bonds. The number of ether oxygens (including phenoxy) is 1. The number of hydrogen-bond acceptors (Lipinski definition) is 5. The highest BCUT2D eigenvalue weighted by atomic mass is 127. The summed E-state index contributed by atoms with van der Waals surface area (Å²) in [7, 11) is 0. The summed E-state index contributed by atoms with van der Waals surface area (Å²) in [5.41, 5.74) is 5.52. The SMILES string of the molecule is Ic1cncnc1Oc1ccc(N2Cc3ccccc3C(c3ccccc3)=N2)cc1. The monoisotopic (exact) mass is 504 g/mol. The third-order valence-corrected chi connectivity index (χ3v) is 5.58. The van der Waals surface area contributed by atoms with E-state index in [1.165, 1.54) is 17.5 Å². The van der Waals surface area contributed by atoms with Crippen molar-refractivity contribution in [3.63, 3.8) is 0 Å². The molecule has 0 fully saturated rings. The topological polar surface area (TPSA) is 50.6 Å². The summed E-state index contributed by atoms with van der Waals surface area (Å²) >= 11 is 2.16. The molecule has 0 aliphatic carbocycles. The first kappa shape index (κ1) is 18.7. The highest BCUT2D eigenvalue weighted by Crippen LogP contribution is 2.30. The van der Waals surface area contributed by atoms with E-state index >= 15 is 0 Å². The van der Waals surface area contributed by atoms with Crippen molar-refractivity contribution in [2.24, 2.45) is 5.10 Å². The number of hydrogen-bond donors (Lipinski definition) is 0. The van der Waals surface area contributed by atoms with Crippen LogP contribution in [-0.4, -0.2) is 15.7 Å². The van der Waals surface area contributed by atoms with E-state index in [1.807, 2.05) is 47.5 Å². The molecule has 0 bridgehead atoms. The summed E-state index contributed by atoms with van der Waals surface area (Å²) in [6.45, 7) is 0.719. The zero-order valence-corrected chi connectivity index (χ0v) is 18.1. The zero-order chi connectivity index (χ0) is 20.3. The van der Waals surface area contributed by atoms with Crippen molar-refractivity contribution < 1.29 is 4.74 Å². The molecule has 0 saturated carbocycles. The second kappa shape index (κ2) is 8.23. The minimum atomic E-state index is 0.551. The van der Waals surface area contributed by atoms with Crippen molar-refractivity contribution in [3.05, 3.63) is 112 Å². The van der Waals surface area contributed by atoms with Crippen LogP contribution in [-0.2, 0) is 6.54 Å². The van der Waals surface area contributed by atoms with Gasteiger partial charge in [0.1, 0.15) is 12.1 Å². The maximum Gasteiger partial charge on any atom is 0.235 e. The molecule has 0 N–H and O–H groups in total. The van der Waals surface area contributed by atoms with Gasteiger partial charge in [-0.25, -0.2) is 9.97 Å². The summed E-state index contributed by atoms with van der Waals surface area (Å²) in [6.07, 6.45) is 3.21. The van der Waals surface area contributed by atoms with E-state index in [9.17, 15) is 0 Å². The summed E-state index contributed by atoms with van der Waals surface area (Å²) in [6, 6.07) is 26.6. The highest BCUT2D eigenvalue weighted by Gasteiger charge is 2.21. The Hall–Kier alpha value is -3.26. The average molecular weight is 504 g/mol. The van der Waals surface area contributed by atoms with Crippen LogP contribution < -0.4 is 9.75 Å². The highest BCUT2D eigenvalue weighted by molar-refractivity contribution is 14.1. The number of anilines is 1. The molecule has 1 aliphatic rings. The molecule has 0 unspecified atom stereocenters. The summed E-state index contributed by atoms with van der Waals surface area (Å²) < 4.78 is 6.75. The van der Waals surface area contributed by atoms with Crippen LogP contribution in [0.4, 0.5) is 5.69 Å². The summed E-state index contributed by atoms with van der Waals surface area (Å²) in [4.78, 5) is 8.17. The van der Waals surface area contributed by atoms with E-state index in [-0.39, 0.29) is 0 Å². The van der Waals surface area contributed by atoms with Crippen LogP contribution in [0.3, 0.4) is 0 Å².